The number of aliphatic hydroxyl groups is 1. The molecule has 1 amide bonds. The van der Waals surface area contributed by atoms with Gasteiger partial charge in [-0.05, 0) is 42.7 Å². The molecule has 1 heterocycles. The van der Waals surface area contributed by atoms with E-state index in [-0.39, 0.29) is 12.5 Å². The van der Waals surface area contributed by atoms with Gasteiger partial charge in [-0.15, -0.1) is 0 Å². The van der Waals surface area contributed by atoms with E-state index in [1.54, 1.807) is 24.3 Å². The van der Waals surface area contributed by atoms with E-state index in [2.05, 4.69) is 5.32 Å². The number of halogens is 1. The Balaban J connectivity index is 1.64. The van der Waals surface area contributed by atoms with E-state index < -0.39 is 11.5 Å². The monoisotopic (exact) mass is 305 g/mol. The Bertz CT molecular complexity index is 617. The predicted molar refractivity (Wildman–Crippen MR) is 79.0 cm³/mol. The molecular formula is C16H16ClNO3. The van der Waals surface area contributed by atoms with Crippen molar-refractivity contribution in [3.05, 3.63) is 59.0 Å². The van der Waals surface area contributed by atoms with Gasteiger partial charge in [0.2, 0.25) is 5.91 Å². The Morgan fingerprint density at radius 2 is 2.05 bits per heavy atom. The first kappa shape index (κ1) is 14.2. The Labute approximate surface area is 127 Å². The number of rotatable bonds is 5. The molecule has 1 aliphatic rings. The van der Waals surface area contributed by atoms with Crippen LogP contribution in [0.25, 0.3) is 0 Å². The Morgan fingerprint density at radius 3 is 2.62 bits per heavy atom. The molecular weight excluding hydrogens is 290 g/mol. The van der Waals surface area contributed by atoms with E-state index >= 15 is 0 Å². The van der Waals surface area contributed by atoms with Crippen LogP contribution in [0.15, 0.2) is 47.1 Å². The summed E-state index contributed by atoms with van der Waals surface area (Å²) in [6.07, 6.45) is 2.30. The molecule has 2 N–H and O–H groups in total. The quantitative estimate of drug-likeness (QED) is 0.893. The third-order valence-corrected chi connectivity index (χ3v) is 4.16. The lowest BCUT2D eigenvalue weighted by Gasteiger charge is -2.17. The first-order valence-electron chi connectivity index (χ1n) is 6.88. The molecule has 0 aliphatic heterocycles. The van der Waals surface area contributed by atoms with E-state index in [1.807, 2.05) is 12.1 Å². The van der Waals surface area contributed by atoms with Gasteiger partial charge >= 0.3 is 0 Å². The molecule has 4 nitrogen and oxygen atoms in total. The summed E-state index contributed by atoms with van der Waals surface area (Å²) < 4.78 is 5.11. The van der Waals surface area contributed by atoms with Crippen LogP contribution in [0.4, 0.5) is 0 Å². The fourth-order valence-corrected chi connectivity index (χ4v) is 2.61. The van der Waals surface area contributed by atoms with Crippen LogP contribution in [0.5, 0.6) is 0 Å². The van der Waals surface area contributed by atoms with Crippen molar-refractivity contribution in [3.63, 3.8) is 0 Å². The van der Waals surface area contributed by atoms with Crippen molar-refractivity contribution in [2.24, 2.45) is 0 Å². The maximum absolute atomic E-state index is 12.4. The lowest BCUT2D eigenvalue weighted by atomic mass is 9.95. The van der Waals surface area contributed by atoms with Crippen molar-refractivity contribution < 1.29 is 14.3 Å². The van der Waals surface area contributed by atoms with Gasteiger partial charge < -0.3 is 14.8 Å². The second kappa shape index (κ2) is 5.54. The molecule has 1 aromatic heterocycles. The van der Waals surface area contributed by atoms with Crippen LogP contribution in [0, 0.1) is 0 Å². The Kier molecular flexibility index (Phi) is 3.74. The first-order chi connectivity index (χ1) is 10.1. The normalized spacial score (nSPS) is 17.2. The zero-order valence-electron chi connectivity index (χ0n) is 11.4. The van der Waals surface area contributed by atoms with Gasteiger partial charge in [0.05, 0.1) is 18.2 Å². The van der Waals surface area contributed by atoms with E-state index in [0.717, 1.165) is 18.4 Å². The average Bonchev–Trinajstić information content (AvgIpc) is 3.11. The third kappa shape index (κ3) is 2.82. The summed E-state index contributed by atoms with van der Waals surface area (Å²) in [5.41, 5.74) is 0.505. The summed E-state index contributed by atoms with van der Waals surface area (Å²) in [7, 11) is 0. The highest BCUT2D eigenvalue weighted by Gasteiger charge is 2.51. The molecule has 1 aromatic carbocycles. The SMILES string of the molecule is O=C(NCC(O)c1ccco1)C1(c2ccc(Cl)cc2)CC1. The molecule has 110 valence electrons. The number of carbonyl (C=O) groups is 1. The smallest absolute Gasteiger partial charge is 0.230 e. The molecule has 5 heteroatoms. The van der Waals surface area contributed by atoms with E-state index in [4.69, 9.17) is 16.0 Å². The molecule has 1 saturated carbocycles. The van der Waals surface area contributed by atoms with Crippen molar-refractivity contribution in [3.8, 4) is 0 Å². The Hall–Kier alpha value is -1.78. The van der Waals surface area contributed by atoms with Gasteiger partial charge in [-0.3, -0.25) is 4.79 Å². The van der Waals surface area contributed by atoms with E-state index in [1.165, 1.54) is 6.26 Å². The van der Waals surface area contributed by atoms with Crippen LogP contribution in [0.1, 0.15) is 30.3 Å². The molecule has 3 rings (SSSR count). The van der Waals surface area contributed by atoms with Gasteiger partial charge in [0, 0.05) is 5.02 Å². The fourth-order valence-electron chi connectivity index (χ4n) is 2.48. The number of benzene rings is 1. The summed E-state index contributed by atoms with van der Waals surface area (Å²) in [5, 5.41) is 13.4. The van der Waals surface area contributed by atoms with Gasteiger partial charge in [0.15, 0.2) is 0 Å². The lowest BCUT2D eigenvalue weighted by Crippen LogP contribution is -2.37. The second-order valence-electron chi connectivity index (χ2n) is 5.33. The molecule has 0 bridgehead atoms. The fraction of sp³-hybridized carbons (Fsp3) is 0.312. The van der Waals surface area contributed by atoms with Crippen LogP contribution < -0.4 is 5.32 Å². The molecule has 1 atom stereocenters. The number of aliphatic hydroxyl groups excluding tert-OH is 1. The van der Waals surface area contributed by atoms with Crippen LogP contribution in [0.2, 0.25) is 5.02 Å². The zero-order chi connectivity index (χ0) is 14.9. The van der Waals surface area contributed by atoms with Crippen LogP contribution in [-0.2, 0) is 10.2 Å². The summed E-state index contributed by atoms with van der Waals surface area (Å²) in [6, 6.07) is 10.7. The summed E-state index contributed by atoms with van der Waals surface area (Å²) in [5.74, 6) is 0.391. The highest BCUT2D eigenvalue weighted by molar-refractivity contribution is 6.30. The van der Waals surface area contributed by atoms with Crippen molar-refractivity contribution >= 4 is 17.5 Å². The molecule has 1 fully saturated rings. The molecule has 0 spiro atoms. The van der Waals surface area contributed by atoms with Gasteiger partial charge in [-0.1, -0.05) is 23.7 Å². The largest absolute Gasteiger partial charge is 0.467 e. The lowest BCUT2D eigenvalue weighted by molar-refractivity contribution is -0.124. The molecule has 1 unspecified atom stereocenters. The van der Waals surface area contributed by atoms with Crippen LogP contribution in [0.3, 0.4) is 0 Å². The van der Waals surface area contributed by atoms with Gasteiger partial charge in [0.25, 0.3) is 0 Å². The standard InChI is InChI=1S/C16H16ClNO3/c17-12-5-3-11(4-6-12)16(7-8-16)15(20)18-10-13(19)14-2-1-9-21-14/h1-6,9,13,19H,7-8,10H2,(H,18,20). The average molecular weight is 306 g/mol. The molecule has 2 aromatic rings. The first-order valence-corrected chi connectivity index (χ1v) is 7.25. The van der Waals surface area contributed by atoms with Gasteiger partial charge in [0.1, 0.15) is 11.9 Å². The molecule has 0 saturated heterocycles. The minimum Gasteiger partial charge on any atom is -0.467 e. The number of furan rings is 1. The highest BCUT2D eigenvalue weighted by Crippen LogP contribution is 2.48. The maximum Gasteiger partial charge on any atom is 0.230 e. The second-order valence-corrected chi connectivity index (χ2v) is 5.77. The predicted octanol–water partition coefficient (Wildman–Crippen LogP) is 2.81. The van der Waals surface area contributed by atoms with Crippen LogP contribution in [-0.4, -0.2) is 17.6 Å². The maximum atomic E-state index is 12.4. The third-order valence-electron chi connectivity index (χ3n) is 3.91. The number of amides is 1. The Morgan fingerprint density at radius 1 is 1.33 bits per heavy atom. The van der Waals surface area contributed by atoms with Crippen LogP contribution >= 0.6 is 11.6 Å². The number of hydrogen-bond acceptors (Lipinski definition) is 3. The van der Waals surface area contributed by atoms with Crippen molar-refractivity contribution in [2.75, 3.05) is 6.54 Å². The zero-order valence-corrected chi connectivity index (χ0v) is 12.1. The number of nitrogens with one attached hydrogen (secondary N) is 1. The molecule has 1 aliphatic carbocycles. The number of carbonyl (C=O) groups excluding carboxylic acids is 1. The topological polar surface area (TPSA) is 62.5 Å². The number of hydrogen-bond donors (Lipinski definition) is 2. The van der Waals surface area contributed by atoms with Gasteiger partial charge in [-0.2, -0.15) is 0 Å². The van der Waals surface area contributed by atoms with Crippen molar-refractivity contribution in [1.29, 1.82) is 0 Å². The van der Waals surface area contributed by atoms with Gasteiger partial charge in [-0.25, -0.2) is 0 Å². The summed E-state index contributed by atoms with van der Waals surface area (Å²) in [6.45, 7) is 0.141. The summed E-state index contributed by atoms with van der Waals surface area (Å²) >= 11 is 5.88. The van der Waals surface area contributed by atoms with E-state index in [0.29, 0.717) is 10.8 Å². The van der Waals surface area contributed by atoms with E-state index in [9.17, 15) is 9.90 Å². The van der Waals surface area contributed by atoms with Crippen molar-refractivity contribution in [1.82, 2.24) is 5.32 Å². The highest BCUT2D eigenvalue weighted by atomic mass is 35.5. The summed E-state index contributed by atoms with van der Waals surface area (Å²) in [4.78, 5) is 12.4. The molecule has 0 radical (unpaired) electrons. The molecule has 21 heavy (non-hydrogen) atoms. The minimum atomic E-state index is -0.829. The van der Waals surface area contributed by atoms with Crippen molar-refractivity contribution in [2.45, 2.75) is 24.4 Å². The minimum absolute atomic E-state index is 0.0598.